The predicted octanol–water partition coefficient (Wildman–Crippen LogP) is 2.51. The minimum Gasteiger partial charge on any atom is -0.271 e. The average Bonchev–Trinajstić information content (AvgIpc) is 2.07. The second kappa shape index (κ2) is 2.86. The second-order valence-electron chi connectivity index (χ2n) is 3.06. The topological polar surface area (TPSA) is 17.8 Å². The summed E-state index contributed by atoms with van der Waals surface area (Å²) in [5, 5.41) is 5.02. The molecule has 0 saturated carbocycles. The molecule has 0 aromatic carbocycles. The van der Waals surface area contributed by atoms with E-state index in [1.165, 1.54) is 0 Å². The van der Waals surface area contributed by atoms with Crippen molar-refractivity contribution in [3.63, 3.8) is 0 Å². The highest BCUT2D eigenvalue weighted by molar-refractivity contribution is 6.31. The summed E-state index contributed by atoms with van der Waals surface area (Å²) in [5.74, 6) is 0.439. The molecule has 1 aromatic rings. The first-order valence-corrected chi connectivity index (χ1v) is 4.10. The van der Waals surface area contributed by atoms with Crippen molar-refractivity contribution in [2.45, 2.75) is 26.7 Å². The maximum Gasteiger partial charge on any atom is 0.0849 e. The van der Waals surface area contributed by atoms with Gasteiger partial charge in [0, 0.05) is 7.05 Å². The van der Waals surface area contributed by atoms with Gasteiger partial charge in [-0.15, -0.1) is 0 Å². The minimum absolute atomic E-state index is 0.439. The number of rotatable bonds is 1. The van der Waals surface area contributed by atoms with E-state index in [1.54, 1.807) is 0 Å². The van der Waals surface area contributed by atoms with Crippen LogP contribution in [-0.4, -0.2) is 9.78 Å². The zero-order chi connectivity index (χ0) is 8.59. The summed E-state index contributed by atoms with van der Waals surface area (Å²) in [7, 11) is 1.92. The lowest BCUT2D eigenvalue weighted by Crippen LogP contribution is -1.99. The lowest BCUT2D eigenvalue weighted by atomic mass is 10.1. The number of hydrogen-bond donors (Lipinski definition) is 0. The molecule has 0 atom stereocenters. The Kier molecular flexibility index (Phi) is 2.23. The summed E-state index contributed by atoms with van der Waals surface area (Å²) < 4.78 is 1.85. The molecule has 0 spiro atoms. The van der Waals surface area contributed by atoms with Gasteiger partial charge in [-0.2, -0.15) is 5.10 Å². The van der Waals surface area contributed by atoms with Gasteiger partial charge in [0.25, 0.3) is 0 Å². The molecule has 1 rings (SSSR count). The van der Waals surface area contributed by atoms with Crippen molar-refractivity contribution in [3.8, 4) is 0 Å². The fourth-order valence-corrected chi connectivity index (χ4v) is 1.66. The molecule has 3 heteroatoms. The molecule has 0 N–H and O–H groups in total. The van der Waals surface area contributed by atoms with Crippen LogP contribution < -0.4 is 0 Å². The van der Waals surface area contributed by atoms with Gasteiger partial charge in [-0.25, -0.2) is 0 Å². The van der Waals surface area contributed by atoms with E-state index in [0.717, 1.165) is 16.4 Å². The molecule has 0 fully saturated rings. The molecule has 11 heavy (non-hydrogen) atoms. The fraction of sp³-hybridized carbons (Fsp3) is 0.625. The van der Waals surface area contributed by atoms with E-state index in [-0.39, 0.29) is 0 Å². The number of halogens is 1. The van der Waals surface area contributed by atoms with Crippen LogP contribution in [0.3, 0.4) is 0 Å². The third kappa shape index (κ3) is 1.41. The quantitative estimate of drug-likeness (QED) is 0.637. The van der Waals surface area contributed by atoms with E-state index < -0.39 is 0 Å². The first-order chi connectivity index (χ1) is 5.04. The Bertz CT molecular complexity index is 263. The van der Waals surface area contributed by atoms with Crippen LogP contribution in [-0.2, 0) is 7.05 Å². The molecule has 0 aliphatic carbocycles. The maximum atomic E-state index is 6.03. The van der Waals surface area contributed by atoms with Crippen LogP contribution in [0.1, 0.15) is 31.2 Å². The molecule has 1 heterocycles. The van der Waals surface area contributed by atoms with Crippen molar-refractivity contribution >= 4 is 11.6 Å². The molecular formula is C8H13ClN2. The summed E-state index contributed by atoms with van der Waals surface area (Å²) in [6, 6.07) is 0. The van der Waals surface area contributed by atoms with Crippen molar-refractivity contribution in [1.82, 2.24) is 9.78 Å². The van der Waals surface area contributed by atoms with Crippen LogP contribution in [0.4, 0.5) is 0 Å². The van der Waals surface area contributed by atoms with Gasteiger partial charge >= 0.3 is 0 Å². The van der Waals surface area contributed by atoms with Gasteiger partial charge in [-0.1, -0.05) is 25.4 Å². The van der Waals surface area contributed by atoms with Crippen LogP contribution >= 0.6 is 11.6 Å². The predicted molar refractivity (Wildman–Crippen MR) is 47.0 cm³/mol. The Morgan fingerprint density at radius 1 is 1.45 bits per heavy atom. The standard InChI is InChI=1S/C8H13ClN2/c1-5(2)8-7(9)6(3)10-11(8)4/h5H,1-4H3. The van der Waals surface area contributed by atoms with Gasteiger partial charge in [-0.3, -0.25) is 4.68 Å². The summed E-state index contributed by atoms with van der Waals surface area (Å²) in [4.78, 5) is 0. The minimum atomic E-state index is 0.439. The van der Waals surface area contributed by atoms with E-state index in [1.807, 2.05) is 18.7 Å². The molecule has 62 valence electrons. The van der Waals surface area contributed by atoms with Gasteiger partial charge in [0.15, 0.2) is 0 Å². The normalized spacial score (nSPS) is 11.1. The van der Waals surface area contributed by atoms with Crippen LogP contribution in [0.25, 0.3) is 0 Å². The van der Waals surface area contributed by atoms with Crippen LogP contribution in [0.15, 0.2) is 0 Å². The van der Waals surface area contributed by atoms with Crippen LogP contribution in [0.2, 0.25) is 5.02 Å². The van der Waals surface area contributed by atoms with E-state index in [9.17, 15) is 0 Å². The number of nitrogens with zero attached hydrogens (tertiary/aromatic N) is 2. The molecule has 0 bridgehead atoms. The fourth-order valence-electron chi connectivity index (χ4n) is 1.28. The van der Waals surface area contributed by atoms with E-state index in [0.29, 0.717) is 5.92 Å². The molecule has 0 amide bonds. The van der Waals surface area contributed by atoms with E-state index >= 15 is 0 Å². The van der Waals surface area contributed by atoms with Crippen molar-refractivity contribution in [2.24, 2.45) is 7.05 Å². The summed E-state index contributed by atoms with van der Waals surface area (Å²) in [6.07, 6.45) is 0. The van der Waals surface area contributed by atoms with Crippen molar-refractivity contribution < 1.29 is 0 Å². The molecular weight excluding hydrogens is 160 g/mol. The largest absolute Gasteiger partial charge is 0.271 e. The third-order valence-corrected chi connectivity index (χ3v) is 2.21. The van der Waals surface area contributed by atoms with Crippen LogP contribution in [0.5, 0.6) is 0 Å². The molecule has 2 nitrogen and oxygen atoms in total. The first-order valence-electron chi connectivity index (χ1n) is 3.73. The molecule has 0 unspecified atom stereocenters. The summed E-state index contributed by atoms with van der Waals surface area (Å²) in [6.45, 7) is 6.15. The highest BCUT2D eigenvalue weighted by atomic mass is 35.5. The molecule has 1 aromatic heterocycles. The Balaban J connectivity index is 3.22. The Labute approximate surface area is 72.2 Å². The monoisotopic (exact) mass is 172 g/mol. The molecule has 0 aliphatic heterocycles. The molecule has 0 saturated heterocycles. The van der Waals surface area contributed by atoms with Gasteiger partial charge in [-0.05, 0) is 12.8 Å². The van der Waals surface area contributed by atoms with E-state index in [2.05, 4.69) is 18.9 Å². The number of hydrogen-bond acceptors (Lipinski definition) is 1. The third-order valence-electron chi connectivity index (χ3n) is 1.74. The highest BCUT2D eigenvalue weighted by Crippen LogP contribution is 2.25. The van der Waals surface area contributed by atoms with Gasteiger partial charge in [0.05, 0.1) is 16.4 Å². The molecule has 0 radical (unpaired) electrons. The van der Waals surface area contributed by atoms with Crippen molar-refractivity contribution in [1.29, 1.82) is 0 Å². The van der Waals surface area contributed by atoms with E-state index in [4.69, 9.17) is 11.6 Å². The van der Waals surface area contributed by atoms with Crippen molar-refractivity contribution in [3.05, 3.63) is 16.4 Å². The summed E-state index contributed by atoms with van der Waals surface area (Å²) in [5.41, 5.74) is 2.03. The average molecular weight is 173 g/mol. The Hall–Kier alpha value is -0.500. The smallest absolute Gasteiger partial charge is 0.0849 e. The van der Waals surface area contributed by atoms with Crippen molar-refractivity contribution in [2.75, 3.05) is 0 Å². The highest BCUT2D eigenvalue weighted by Gasteiger charge is 2.13. The van der Waals surface area contributed by atoms with Gasteiger partial charge in [0.2, 0.25) is 0 Å². The van der Waals surface area contributed by atoms with Gasteiger partial charge < -0.3 is 0 Å². The SMILES string of the molecule is Cc1nn(C)c(C(C)C)c1Cl. The number of aromatic nitrogens is 2. The van der Waals surface area contributed by atoms with Crippen LogP contribution in [0, 0.1) is 6.92 Å². The Morgan fingerprint density at radius 2 is 2.00 bits per heavy atom. The maximum absolute atomic E-state index is 6.03. The zero-order valence-electron chi connectivity index (χ0n) is 7.35. The zero-order valence-corrected chi connectivity index (χ0v) is 8.11. The lowest BCUT2D eigenvalue weighted by molar-refractivity contribution is 0.665. The summed E-state index contributed by atoms with van der Waals surface area (Å²) >= 11 is 6.03. The molecule has 0 aliphatic rings. The van der Waals surface area contributed by atoms with Gasteiger partial charge in [0.1, 0.15) is 0 Å². The lowest BCUT2D eigenvalue weighted by Gasteiger charge is -2.04. The first kappa shape index (κ1) is 8.60. The second-order valence-corrected chi connectivity index (χ2v) is 3.44. The number of aryl methyl sites for hydroxylation is 2. The Morgan fingerprint density at radius 3 is 2.18 bits per heavy atom.